The van der Waals surface area contributed by atoms with E-state index in [1.165, 1.54) is 11.8 Å². The first-order valence-electron chi connectivity index (χ1n) is 3.45. The maximum absolute atomic E-state index is 6.96. The molecule has 0 spiro atoms. The minimum absolute atomic E-state index is 1.08. The minimum Gasteiger partial charge on any atom is -0.308 e. The normalized spacial score (nSPS) is 8.78. The van der Waals surface area contributed by atoms with E-state index < -0.39 is 0 Å². The zero-order valence-electron chi connectivity index (χ0n) is 6.49. The van der Waals surface area contributed by atoms with Gasteiger partial charge in [0.2, 0.25) is 0 Å². The number of hydrogen-bond donors (Lipinski definition) is 1. The van der Waals surface area contributed by atoms with Gasteiger partial charge in [-0.1, -0.05) is 19.4 Å². The van der Waals surface area contributed by atoms with Crippen molar-refractivity contribution in [3.8, 4) is 0 Å². The third-order valence-electron chi connectivity index (χ3n) is 1.63. The van der Waals surface area contributed by atoms with Crippen molar-refractivity contribution < 1.29 is 0 Å². The molecule has 52 valence electrons. The maximum atomic E-state index is 6.96. The van der Waals surface area contributed by atoms with Crippen LogP contribution >= 0.6 is 0 Å². The van der Waals surface area contributed by atoms with E-state index >= 15 is 0 Å². The van der Waals surface area contributed by atoms with Gasteiger partial charge in [-0.2, -0.15) is 0 Å². The van der Waals surface area contributed by atoms with Crippen LogP contribution in [0.4, 0.5) is 0 Å². The van der Waals surface area contributed by atoms with Crippen molar-refractivity contribution in [1.29, 1.82) is 5.41 Å². The van der Waals surface area contributed by atoms with E-state index in [1.54, 1.807) is 0 Å². The molecule has 9 heavy (non-hydrogen) atoms. The van der Waals surface area contributed by atoms with Crippen molar-refractivity contribution in [3.05, 3.63) is 11.1 Å². The van der Waals surface area contributed by atoms with Crippen LogP contribution in [0.15, 0.2) is 11.1 Å². The van der Waals surface area contributed by atoms with Crippen molar-refractivity contribution in [1.82, 2.24) is 0 Å². The van der Waals surface area contributed by atoms with Crippen LogP contribution in [0.1, 0.15) is 33.6 Å². The molecule has 0 aliphatic heterocycles. The van der Waals surface area contributed by atoms with E-state index in [1.807, 2.05) is 6.92 Å². The zero-order chi connectivity index (χ0) is 7.28. The number of allylic oxidation sites excluding steroid dienone is 2. The van der Waals surface area contributed by atoms with E-state index in [-0.39, 0.29) is 0 Å². The molecule has 0 unspecified atom stereocenters. The van der Waals surface area contributed by atoms with E-state index in [9.17, 15) is 0 Å². The maximum Gasteiger partial charge on any atom is 0.0206 e. The Hall–Kier alpha value is -0.590. The molecule has 0 fully saturated rings. The Bertz CT molecular complexity index is 117. The molecule has 0 aromatic heterocycles. The first kappa shape index (κ1) is 8.41. The fourth-order valence-electron chi connectivity index (χ4n) is 0.910. The third kappa shape index (κ3) is 2.45. The van der Waals surface area contributed by atoms with Crippen molar-refractivity contribution in [2.24, 2.45) is 0 Å². The van der Waals surface area contributed by atoms with Gasteiger partial charge < -0.3 is 5.41 Å². The molecular formula is C8H15N. The minimum atomic E-state index is 1.08. The predicted octanol–water partition coefficient (Wildman–Crippen LogP) is 2.77. The second-order valence-corrected chi connectivity index (χ2v) is 2.14. The molecule has 1 heteroatoms. The quantitative estimate of drug-likeness (QED) is 0.561. The van der Waals surface area contributed by atoms with Crippen LogP contribution in [0.2, 0.25) is 0 Å². The lowest BCUT2D eigenvalue weighted by Gasteiger charge is -2.00. The summed E-state index contributed by atoms with van der Waals surface area (Å²) in [5.74, 6) is 0. The van der Waals surface area contributed by atoms with Crippen molar-refractivity contribution in [2.45, 2.75) is 33.6 Å². The lowest BCUT2D eigenvalue weighted by atomic mass is 10.1. The van der Waals surface area contributed by atoms with Gasteiger partial charge in [-0.15, -0.1) is 0 Å². The van der Waals surface area contributed by atoms with Gasteiger partial charge in [0.15, 0.2) is 0 Å². The Morgan fingerprint density at radius 1 is 1.33 bits per heavy atom. The molecule has 0 aliphatic carbocycles. The summed E-state index contributed by atoms with van der Waals surface area (Å²) in [6.07, 6.45) is 3.60. The first-order chi connectivity index (χ1) is 4.26. The van der Waals surface area contributed by atoms with Crippen LogP contribution in [-0.4, -0.2) is 6.21 Å². The van der Waals surface area contributed by atoms with Gasteiger partial charge in [0.25, 0.3) is 0 Å². The largest absolute Gasteiger partial charge is 0.308 e. The van der Waals surface area contributed by atoms with E-state index in [0.29, 0.717) is 0 Å². The average Bonchev–Trinajstić information content (AvgIpc) is 1.90. The fraction of sp³-hybridized carbons (Fsp3) is 0.625. The Morgan fingerprint density at radius 2 is 1.78 bits per heavy atom. The first-order valence-corrected chi connectivity index (χ1v) is 3.45. The van der Waals surface area contributed by atoms with Crippen molar-refractivity contribution in [2.75, 3.05) is 0 Å². The van der Waals surface area contributed by atoms with Crippen LogP contribution < -0.4 is 0 Å². The highest BCUT2D eigenvalue weighted by atomic mass is 14.3. The molecule has 0 atom stereocenters. The van der Waals surface area contributed by atoms with E-state index in [4.69, 9.17) is 5.41 Å². The highest BCUT2D eigenvalue weighted by Crippen LogP contribution is 2.09. The predicted molar refractivity (Wildman–Crippen MR) is 42.1 cm³/mol. The van der Waals surface area contributed by atoms with Gasteiger partial charge in [0.1, 0.15) is 0 Å². The monoisotopic (exact) mass is 125 g/mol. The Morgan fingerprint density at radius 3 is 1.89 bits per heavy atom. The summed E-state index contributed by atoms with van der Waals surface area (Å²) >= 11 is 0. The molecule has 0 aliphatic rings. The molecule has 0 saturated carbocycles. The lowest BCUT2D eigenvalue weighted by molar-refractivity contribution is 0.963. The molecule has 0 saturated heterocycles. The Labute approximate surface area is 57.3 Å². The summed E-state index contributed by atoms with van der Waals surface area (Å²) in [5.41, 5.74) is 2.52. The molecule has 1 N–H and O–H groups in total. The summed E-state index contributed by atoms with van der Waals surface area (Å²) < 4.78 is 0. The summed E-state index contributed by atoms with van der Waals surface area (Å²) in [4.78, 5) is 0. The highest BCUT2D eigenvalue weighted by Gasteiger charge is 1.92. The summed E-state index contributed by atoms with van der Waals surface area (Å²) in [6, 6.07) is 0. The molecule has 0 bridgehead atoms. The van der Waals surface area contributed by atoms with Gasteiger partial charge in [0, 0.05) is 6.21 Å². The van der Waals surface area contributed by atoms with Gasteiger partial charge in [-0.25, -0.2) is 0 Å². The highest BCUT2D eigenvalue weighted by molar-refractivity contribution is 5.75. The van der Waals surface area contributed by atoms with E-state index in [2.05, 4.69) is 13.8 Å². The number of nitrogens with one attached hydrogen (secondary N) is 1. The standard InChI is InChI=1S/C8H15N/c1-4-8(5-2)7(3)6-9/h6,9H,4-5H2,1-3H3. The van der Waals surface area contributed by atoms with Crippen LogP contribution in [0.25, 0.3) is 0 Å². The van der Waals surface area contributed by atoms with Crippen LogP contribution in [0, 0.1) is 5.41 Å². The van der Waals surface area contributed by atoms with Crippen molar-refractivity contribution in [3.63, 3.8) is 0 Å². The number of rotatable bonds is 3. The third-order valence-corrected chi connectivity index (χ3v) is 1.63. The average molecular weight is 125 g/mol. The number of hydrogen-bond acceptors (Lipinski definition) is 1. The van der Waals surface area contributed by atoms with Gasteiger partial charge in [0.05, 0.1) is 0 Å². The van der Waals surface area contributed by atoms with Crippen LogP contribution in [0.5, 0.6) is 0 Å². The summed E-state index contributed by atoms with van der Waals surface area (Å²) in [5, 5.41) is 6.96. The second kappa shape index (κ2) is 4.30. The Kier molecular flexibility index (Phi) is 4.02. The molecule has 0 aromatic carbocycles. The van der Waals surface area contributed by atoms with E-state index in [0.717, 1.165) is 18.4 Å². The second-order valence-electron chi connectivity index (χ2n) is 2.14. The van der Waals surface area contributed by atoms with Crippen LogP contribution in [0.3, 0.4) is 0 Å². The molecule has 1 nitrogen and oxygen atoms in total. The summed E-state index contributed by atoms with van der Waals surface area (Å²) in [7, 11) is 0. The molecule has 0 radical (unpaired) electrons. The topological polar surface area (TPSA) is 23.9 Å². The zero-order valence-corrected chi connectivity index (χ0v) is 6.49. The SMILES string of the molecule is CCC(CC)=C(C)C=N. The smallest absolute Gasteiger partial charge is 0.0206 e. The molecule has 0 heterocycles. The Balaban J connectivity index is 4.17. The van der Waals surface area contributed by atoms with Gasteiger partial charge in [-0.3, -0.25) is 0 Å². The summed E-state index contributed by atoms with van der Waals surface area (Å²) in [6.45, 7) is 6.26. The molecular weight excluding hydrogens is 110 g/mol. The molecule has 0 aromatic rings. The van der Waals surface area contributed by atoms with Gasteiger partial charge >= 0.3 is 0 Å². The lowest BCUT2D eigenvalue weighted by Crippen LogP contribution is -1.85. The van der Waals surface area contributed by atoms with Crippen molar-refractivity contribution >= 4 is 6.21 Å². The van der Waals surface area contributed by atoms with Crippen LogP contribution in [-0.2, 0) is 0 Å². The van der Waals surface area contributed by atoms with Gasteiger partial charge in [-0.05, 0) is 25.3 Å². The fourth-order valence-corrected chi connectivity index (χ4v) is 0.910. The molecule has 0 rings (SSSR count). The molecule has 0 amide bonds.